The number of benzene rings is 1. The summed E-state index contributed by atoms with van der Waals surface area (Å²) >= 11 is 0.0412. The van der Waals surface area contributed by atoms with E-state index in [2.05, 4.69) is 15.9 Å². The number of rotatable bonds is 1. The van der Waals surface area contributed by atoms with Crippen molar-refractivity contribution in [3.8, 4) is 0 Å². The Labute approximate surface area is 117 Å². The average Bonchev–Trinajstić information content (AvgIpc) is 2.02. The molecule has 0 bridgehead atoms. The van der Waals surface area contributed by atoms with Crippen molar-refractivity contribution >= 4 is 27.0 Å². The Morgan fingerprint density at radius 1 is 1.33 bits per heavy atom. The summed E-state index contributed by atoms with van der Waals surface area (Å²) in [5.41, 5.74) is -1.00. The van der Waals surface area contributed by atoms with E-state index in [1.165, 1.54) is 0 Å². The largest absolute Gasteiger partial charge is 1.00 e. The molecule has 0 aromatic heterocycles. The standard InChI is InChI=1S/C7H4BrF3O2S.Na/c8-6-2-1-4(14(12)13)3-5(6)7(9,10)11;/h1-3H,(H,12,13);/q;+1/p-1. The molecule has 0 N–H and O–H groups in total. The Hall–Kier alpha value is 0.600. The molecule has 0 aliphatic rings. The minimum absolute atomic E-state index is 0. The summed E-state index contributed by atoms with van der Waals surface area (Å²) in [6.07, 6.45) is -4.56. The summed E-state index contributed by atoms with van der Waals surface area (Å²) in [6.45, 7) is 0. The van der Waals surface area contributed by atoms with Gasteiger partial charge < -0.3 is 4.55 Å². The molecule has 78 valence electrons. The maximum Gasteiger partial charge on any atom is 1.00 e. The van der Waals surface area contributed by atoms with Crippen molar-refractivity contribution in [2.24, 2.45) is 0 Å². The van der Waals surface area contributed by atoms with Gasteiger partial charge in [-0.25, -0.2) is 0 Å². The molecule has 1 unspecified atom stereocenters. The Morgan fingerprint density at radius 2 is 1.87 bits per heavy atom. The van der Waals surface area contributed by atoms with Crippen LogP contribution >= 0.6 is 15.9 Å². The monoisotopic (exact) mass is 310 g/mol. The Balaban J connectivity index is 0.00000196. The van der Waals surface area contributed by atoms with Crippen LogP contribution in [0.4, 0.5) is 13.2 Å². The van der Waals surface area contributed by atoms with Crippen LogP contribution in [0.1, 0.15) is 5.56 Å². The molecule has 0 saturated heterocycles. The molecule has 0 spiro atoms. The molecule has 8 heteroatoms. The van der Waals surface area contributed by atoms with Gasteiger partial charge in [0.1, 0.15) is 0 Å². The van der Waals surface area contributed by atoms with Gasteiger partial charge in [-0.1, -0.05) is 15.9 Å². The Morgan fingerprint density at radius 3 is 2.27 bits per heavy atom. The van der Waals surface area contributed by atoms with Gasteiger partial charge in [0, 0.05) is 9.37 Å². The van der Waals surface area contributed by atoms with Crippen molar-refractivity contribution < 1.29 is 51.5 Å². The van der Waals surface area contributed by atoms with E-state index >= 15 is 0 Å². The van der Waals surface area contributed by atoms with Crippen LogP contribution in [-0.2, 0) is 17.3 Å². The van der Waals surface area contributed by atoms with E-state index in [0.717, 1.165) is 12.1 Å². The molecule has 1 rings (SSSR count). The fraction of sp³-hybridized carbons (Fsp3) is 0.143. The zero-order chi connectivity index (χ0) is 10.9. The van der Waals surface area contributed by atoms with Crippen LogP contribution in [0.2, 0.25) is 0 Å². The second-order valence-electron chi connectivity index (χ2n) is 2.37. The van der Waals surface area contributed by atoms with Crippen molar-refractivity contribution in [1.82, 2.24) is 0 Å². The predicted octanol–water partition coefficient (Wildman–Crippen LogP) is -0.290. The van der Waals surface area contributed by atoms with E-state index in [9.17, 15) is 21.9 Å². The molecule has 1 aromatic rings. The summed E-state index contributed by atoms with van der Waals surface area (Å²) in [5, 5.41) is 0. The Kier molecular flexibility index (Phi) is 6.02. The van der Waals surface area contributed by atoms with Gasteiger partial charge in [0.25, 0.3) is 0 Å². The fourth-order valence-corrected chi connectivity index (χ4v) is 1.69. The van der Waals surface area contributed by atoms with E-state index in [1.807, 2.05) is 0 Å². The fourth-order valence-electron chi connectivity index (χ4n) is 0.825. The van der Waals surface area contributed by atoms with E-state index in [0.29, 0.717) is 6.07 Å². The van der Waals surface area contributed by atoms with Crippen LogP contribution in [0.3, 0.4) is 0 Å². The third kappa shape index (κ3) is 4.16. The first-order valence-electron chi connectivity index (χ1n) is 3.28. The van der Waals surface area contributed by atoms with E-state index in [4.69, 9.17) is 0 Å². The van der Waals surface area contributed by atoms with Crippen LogP contribution in [0.15, 0.2) is 27.6 Å². The average molecular weight is 311 g/mol. The SMILES string of the molecule is O=S([O-])c1ccc(Br)c(C(F)(F)F)c1.[Na+]. The number of hydrogen-bond acceptors (Lipinski definition) is 2. The minimum Gasteiger partial charge on any atom is -0.768 e. The first-order chi connectivity index (χ1) is 6.32. The summed E-state index contributed by atoms with van der Waals surface area (Å²) in [5.74, 6) is 0. The molecule has 0 amide bonds. The third-order valence-corrected chi connectivity index (χ3v) is 2.77. The zero-order valence-electron chi connectivity index (χ0n) is 7.47. The van der Waals surface area contributed by atoms with Gasteiger partial charge >= 0.3 is 35.7 Å². The Bertz CT molecular complexity index is 383. The van der Waals surface area contributed by atoms with Crippen LogP contribution in [0.25, 0.3) is 0 Å². The summed E-state index contributed by atoms with van der Waals surface area (Å²) in [4.78, 5) is -0.388. The molecule has 0 aliphatic carbocycles. The van der Waals surface area contributed by atoms with Gasteiger partial charge in [-0.15, -0.1) is 0 Å². The molecule has 15 heavy (non-hydrogen) atoms. The maximum absolute atomic E-state index is 12.3. The zero-order valence-corrected chi connectivity index (χ0v) is 11.9. The van der Waals surface area contributed by atoms with E-state index in [-0.39, 0.29) is 38.9 Å². The molecular weight excluding hydrogens is 308 g/mol. The molecule has 1 atom stereocenters. The number of hydrogen-bond donors (Lipinski definition) is 0. The summed E-state index contributed by atoms with van der Waals surface area (Å²) in [7, 11) is 0. The third-order valence-electron chi connectivity index (χ3n) is 1.44. The van der Waals surface area contributed by atoms with Gasteiger partial charge in [0.05, 0.1) is 5.56 Å². The molecule has 0 aliphatic heterocycles. The van der Waals surface area contributed by atoms with Crippen LogP contribution in [0.5, 0.6) is 0 Å². The van der Waals surface area contributed by atoms with Crippen molar-refractivity contribution in [2.75, 3.05) is 0 Å². The van der Waals surface area contributed by atoms with Crippen molar-refractivity contribution in [2.45, 2.75) is 11.1 Å². The van der Waals surface area contributed by atoms with Crippen LogP contribution in [-0.4, -0.2) is 8.76 Å². The number of alkyl halides is 3. The second kappa shape index (κ2) is 5.79. The van der Waals surface area contributed by atoms with Gasteiger partial charge in [-0.3, -0.25) is 4.21 Å². The van der Waals surface area contributed by atoms with Gasteiger partial charge in [0.15, 0.2) is 0 Å². The van der Waals surface area contributed by atoms with Crippen molar-refractivity contribution in [3.63, 3.8) is 0 Å². The van der Waals surface area contributed by atoms with E-state index < -0.39 is 22.8 Å². The summed E-state index contributed by atoms with van der Waals surface area (Å²) in [6, 6.07) is 2.71. The molecule has 2 nitrogen and oxygen atoms in total. The number of halogens is 4. The molecule has 0 radical (unpaired) electrons. The molecule has 0 heterocycles. The smallest absolute Gasteiger partial charge is 0.768 e. The maximum atomic E-state index is 12.3. The van der Waals surface area contributed by atoms with Crippen LogP contribution in [0, 0.1) is 0 Å². The molecule has 0 saturated carbocycles. The van der Waals surface area contributed by atoms with Crippen molar-refractivity contribution in [3.05, 3.63) is 28.2 Å². The minimum atomic E-state index is -4.56. The second-order valence-corrected chi connectivity index (χ2v) is 4.17. The van der Waals surface area contributed by atoms with Gasteiger partial charge in [-0.2, -0.15) is 13.2 Å². The molecule has 0 fully saturated rings. The van der Waals surface area contributed by atoms with Crippen LogP contribution < -0.4 is 29.6 Å². The normalized spacial score (nSPS) is 13.1. The van der Waals surface area contributed by atoms with Crippen molar-refractivity contribution in [1.29, 1.82) is 0 Å². The van der Waals surface area contributed by atoms with Gasteiger partial charge in [-0.05, 0) is 29.3 Å². The predicted molar refractivity (Wildman–Crippen MR) is 46.3 cm³/mol. The topological polar surface area (TPSA) is 40.1 Å². The summed E-state index contributed by atoms with van der Waals surface area (Å²) < 4.78 is 57.4. The molecular formula is C7H3BrF3NaO2S. The molecule has 1 aromatic carbocycles. The first kappa shape index (κ1) is 15.6. The quantitative estimate of drug-likeness (QED) is 0.528. The first-order valence-corrected chi connectivity index (χ1v) is 5.15. The van der Waals surface area contributed by atoms with Gasteiger partial charge in [0.2, 0.25) is 0 Å². The van der Waals surface area contributed by atoms with E-state index in [1.54, 1.807) is 0 Å².